The summed E-state index contributed by atoms with van der Waals surface area (Å²) in [6.45, 7) is 5.42. The summed E-state index contributed by atoms with van der Waals surface area (Å²) in [6.07, 6.45) is -4.31. The maximum Gasteiger partial charge on any atom is 0.416 e. The molecule has 1 rings (SSSR count). The van der Waals surface area contributed by atoms with Crippen molar-refractivity contribution in [2.45, 2.75) is 26.9 Å². The molecule has 1 aromatic carbocycles. The van der Waals surface area contributed by atoms with E-state index in [4.69, 9.17) is 4.74 Å². The first-order valence-corrected chi connectivity index (χ1v) is 4.67. The van der Waals surface area contributed by atoms with E-state index in [-0.39, 0.29) is 11.3 Å². The van der Waals surface area contributed by atoms with E-state index in [0.29, 0.717) is 0 Å². The van der Waals surface area contributed by atoms with Crippen LogP contribution in [0.1, 0.15) is 25.0 Å². The highest BCUT2D eigenvalue weighted by atomic mass is 19.4. The molecular formula is C11H15F3O. The average molecular weight is 220 g/mol. The Morgan fingerprint density at radius 1 is 1.13 bits per heavy atom. The van der Waals surface area contributed by atoms with Gasteiger partial charge in [0.2, 0.25) is 0 Å². The van der Waals surface area contributed by atoms with Crippen LogP contribution in [0, 0.1) is 6.92 Å². The smallest absolute Gasteiger partial charge is 0.416 e. The Kier molecular flexibility index (Phi) is 5.19. The lowest BCUT2D eigenvalue weighted by atomic mass is 10.1. The molecule has 4 heteroatoms. The van der Waals surface area contributed by atoms with E-state index in [1.54, 1.807) is 0 Å². The van der Waals surface area contributed by atoms with Gasteiger partial charge in [-0.15, -0.1) is 0 Å². The number of benzene rings is 1. The predicted molar refractivity (Wildman–Crippen MR) is 54.1 cm³/mol. The first kappa shape index (κ1) is 13.8. The van der Waals surface area contributed by atoms with Crippen LogP contribution in [0.4, 0.5) is 13.2 Å². The summed E-state index contributed by atoms with van der Waals surface area (Å²) in [6, 6.07) is 3.89. The Hall–Kier alpha value is -1.19. The largest absolute Gasteiger partial charge is 0.497 e. The number of aryl methyl sites for hydroxylation is 1. The van der Waals surface area contributed by atoms with Gasteiger partial charge < -0.3 is 4.74 Å². The molecule has 0 fully saturated rings. The van der Waals surface area contributed by atoms with E-state index in [1.807, 2.05) is 13.8 Å². The summed E-state index contributed by atoms with van der Waals surface area (Å²) in [5.41, 5.74) is -0.444. The lowest BCUT2D eigenvalue weighted by Gasteiger charge is -2.11. The summed E-state index contributed by atoms with van der Waals surface area (Å²) >= 11 is 0. The first-order valence-electron chi connectivity index (χ1n) is 4.67. The molecule has 0 aliphatic heterocycles. The molecule has 1 aromatic rings. The van der Waals surface area contributed by atoms with Crippen molar-refractivity contribution in [3.05, 3.63) is 29.3 Å². The lowest BCUT2D eigenvalue weighted by Crippen LogP contribution is -2.07. The van der Waals surface area contributed by atoms with E-state index < -0.39 is 11.7 Å². The minimum atomic E-state index is -4.31. The van der Waals surface area contributed by atoms with E-state index >= 15 is 0 Å². The van der Waals surface area contributed by atoms with Gasteiger partial charge >= 0.3 is 6.18 Å². The molecule has 0 amide bonds. The summed E-state index contributed by atoms with van der Waals surface area (Å²) in [5.74, 6) is 0.220. The molecule has 0 radical (unpaired) electrons. The van der Waals surface area contributed by atoms with Gasteiger partial charge in [-0.1, -0.05) is 19.9 Å². The fourth-order valence-electron chi connectivity index (χ4n) is 1.03. The van der Waals surface area contributed by atoms with Crippen LogP contribution in [0.15, 0.2) is 18.2 Å². The van der Waals surface area contributed by atoms with Gasteiger partial charge in [0.05, 0.1) is 12.7 Å². The van der Waals surface area contributed by atoms with E-state index in [2.05, 4.69) is 0 Å². The Labute approximate surface area is 87.9 Å². The fourth-order valence-corrected chi connectivity index (χ4v) is 1.03. The minimum absolute atomic E-state index is 0.202. The van der Waals surface area contributed by atoms with Gasteiger partial charge in [-0.05, 0) is 24.6 Å². The number of hydrogen-bond acceptors (Lipinski definition) is 1. The molecule has 0 atom stereocenters. The molecule has 0 spiro atoms. The van der Waals surface area contributed by atoms with Crippen LogP contribution in [0.5, 0.6) is 5.75 Å². The fraction of sp³-hybridized carbons (Fsp3) is 0.455. The maximum atomic E-state index is 12.3. The molecule has 0 bridgehead atoms. The van der Waals surface area contributed by atoms with Crippen molar-refractivity contribution in [2.24, 2.45) is 0 Å². The third-order valence-electron chi connectivity index (χ3n) is 1.75. The Balaban J connectivity index is 0.000000921. The molecule has 0 aliphatic rings. The van der Waals surface area contributed by atoms with Crippen molar-refractivity contribution in [3.8, 4) is 5.75 Å². The highest BCUT2D eigenvalue weighted by molar-refractivity contribution is 5.36. The lowest BCUT2D eigenvalue weighted by molar-refractivity contribution is -0.138. The van der Waals surface area contributed by atoms with Crippen LogP contribution in [0.3, 0.4) is 0 Å². The van der Waals surface area contributed by atoms with Crippen LogP contribution < -0.4 is 4.74 Å². The molecule has 0 N–H and O–H groups in total. The van der Waals surface area contributed by atoms with Crippen molar-refractivity contribution in [1.82, 2.24) is 0 Å². The Morgan fingerprint density at radius 3 is 2.07 bits per heavy atom. The average Bonchev–Trinajstić information content (AvgIpc) is 2.20. The van der Waals surface area contributed by atoms with Gasteiger partial charge in [-0.25, -0.2) is 0 Å². The number of rotatable bonds is 1. The van der Waals surface area contributed by atoms with Gasteiger partial charge in [0.15, 0.2) is 0 Å². The summed E-state index contributed by atoms with van der Waals surface area (Å²) in [4.78, 5) is 0. The van der Waals surface area contributed by atoms with Gasteiger partial charge in [0.25, 0.3) is 0 Å². The Morgan fingerprint density at radius 2 is 1.67 bits per heavy atom. The van der Waals surface area contributed by atoms with Gasteiger partial charge in [0.1, 0.15) is 5.75 Å². The quantitative estimate of drug-likeness (QED) is 0.693. The van der Waals surface area contributed by atoms with Crippen molar-refractivity contribution in [2.75, 3.05) is 7.11 Å². The molecule has 0 saturated heterocycles. The molecule has 0 unspecified atom stereocenters. The monoisotopic (exact) mass is 220 g/mol. The van der Waals surface area contributed by atoms with Crippen molar-refractivity contribution in [3.63, 3.8) is 0 Å². The second kappa shape index (κ2) is 5.63. The summed E-state index contributed by atoms with van der Waals surface area (Å²) in [7, 11) is 1.34. The number of halogens is 3. The zero-order valence-corrected chi connectivity index (χ0v) is 9.27. The topological polar surface area (TPSA) is 9.23 Å². The number of hydrogen-bond donors (Lipinski definition) is 0. The highest BCUT2D eigenvalue weighted by Crippen LogP contribution is 2.33. The molecule has 86 valence electrons. The van der Waals surface area contributed by atoms with Crippen LogP contribution in [-0.4, -0.2) is 7.11 Å². The molecule has 0 heterocycles. The van der Waals surface area contributed by atoms with Crippen molar-refractivity contribution in [1.29, 1.82) is 0 Å². The standard InChI is InChI=1S/C9H9F3O.C2H6/c1-6-3-4-7(13-2)5-8(6)9(10,11)12;1-2/h3-5H,1-2H3;1-2H3. The van der Waals surface area contributed by atoms with E-state index in [9.17, 15) is 13.2 Å². The normalized spacial score (nSPS) is 10.3. The van der Waals surface area contributed by atoms with Crippen molar-refractivity contribution < 1.29 is 17.9 Å². The number of ether oxygens (including phenoxy) is 1. The molecule has 0 saturated carbocycles. The van der Waals surface area contributed by atoms with Crippen molar-refractivity contribution >= 4 is 0 Å². The second-order valence-electron chi connectivity index (χ2n) is 2.68. The molecule has 0 aliphatic carbocycles. The first-order chi connectivity index (χ1) is 6.95. The Bertz CT molecular complexity index is 305. The molecule has 1 nitrogen and oxygen atoms in total. The zero-order valence-electron chi connectivity index (χ0n) is 9.27. The highest BCUT2D eigenvalue weighted by Gasteiger charge is 2.32. The van der Waals surface area contributed by atoms with Gasteiger partial charge in [-0.3, -0.25) is 0 Å². The van der Waals surface area contributed by atoms with Crippen LogP contribution in [-0.2, 0) is 6.18 Å². The minimum Gasteiger partial charge on any atom is -0.497 e. The third-order valence-corrected chi connectivity index (χ3v) is 1.75. The van der Waals surface area contributed by atoms with Gasteiger partial charge in [-0.2, -0.15) is 13.2 Å². The molecule has 0 aromatic heterocycles. The second-order valence-corrected chi connectivity index (χ2v) is 2.68. The third kappa shape index (κ3) is 3.81. The van der Waals surface area contributed by atoms with E-state index in [0.717, 1.165) is 6.07 Å². The summed E-state index contributed by atoms with van der Waals surface area (Å²) < 4.78 is 41.6. The zero-order chi connectivity index (χ0) is 12.1. The van der Waals surface area contributed by atoms with Crippen LogP contribution in [0.25, 0.3) is 0 Å². The molecule has 15 heavy (non-hydrogen) atoms. The van der Waals surface area contributed by atoms with E-state index in [1.165, 1.54) is 26.2 Å². The number of alkyl halides is 3. The summed E-state index contributed by atoms with van der Waals surface area (Å²) in [5, 5.41) is 0. The SMILES string of the molecule is CC.COc1ccc(C)c(C(F)(F)F)c1. The predicted octanol–water partition coefficient (Wildman–Crippen LogP) is 4.05. The van der Waals surface area contributed by atoms with Gasteiger partial charge in [0, 0.05) is 0 Å². The molecular weight excluding hydrogens is 205 g/mol. The maximum absolute atomic E-state index is 12.3. The van der Waals surface area contributed by atoms with Crippen LogP contribution >= 0.6 is 0 Å². The van der Waals surface area contributed by atoms with Crippen LogP contribution in [0.2, 0.25) is 0 Å². The number of methoxy groups -OCH3 is 1.